The molecule has 90 valence electrons. The van der Waals surface area contributed by atoms with Gasteiger partial charge in [0.05, 0.1) is 11.7 Å². The van der Waals surface area contributed by atoms with E-state index in [-0.39, 0.29) is 0 Å². The van der Waals surface area contributed by atoms with E-state index >= 15 is 0 Å². The fraction of sp³-hybridized carbons (Fsp3) is 0.0714. The Kier molecular flexibility index (Phi) is 3.02. The van der Waals surface area contributed by atoms with Crippen LogP contribution in [0.15, 0.2) is 53.1 Å². The molecule has 4 heteroatoms. The van der Waals surface area contributed by atoms with Crippen molar-refractivity contribution in [2.45, 2.75) is 6.54 Å². The molecule has 0 saturated heterocycles. The normalized spacial score (nSPS) is 10.7. The van der Waals surface area contributed by atoms with Crippen LogP contribution in [0.25, 0.3) is 10.9 Å². The highest BCUT2D eigenvalue weighted by Crippen LogP contribution is 2.21. The Morgan fingerprint density at radius 1 is 1.11 bits per heavy atom. The third kappa shape index (κ3) is 2.24. The zero-order valence-corrected chi connectivity index (χ0v) is 11.2. The predicted octanol–water partition coefficient (Wildman–Crippen LogP) is 3.94. The topological polar surface area (TPSA) is 40.7 Å². The SMILES string of the molecule is Brc1ccc(CNc2cccc3[nH]ncc23)cc1. The minimum Gasteiger partial charge on any atom is -0.380 e. The van der Waals surface area contributed by atoms with E-state index in [2.05, 4.69) is 61.8 Å². The van der Waals surface area contributed by atoms with E-state index in [1.807, 2.05) is 18.3 Å². The van der Waals surface area contributed by atoms with Crippen molar-refractivity contribution in [2.75, 3.05) is 5.32 Å². The van der Waals surface area contributed by atoms with Crippen molar-refractivity contribution < 1.29 is 0 Å². The number of anilines is 1. The number of rotatable bonds is 3. The maximum atomic E-state index is 4.06. The average Bonchev–Trinajstić information content (AvgIpc) is 2.87. The van der Waals surface area contributed by atoms with Gasteiger partial charge in [-0.05, 0) is 29.8 Å². The van der Waals surface area contributed by atoms with Crippen molar-refractivity contribution in [1.82, 2.24) is 10.2 Å². The first kappa shape index (κ1) is 11.3. The van der Waals surface area contributed by atoms with Crippen LogP contribution in [0.1, 0.15) is 5.56 Å². The van der Waals surface area contributed by atoms with E-state index in [9.17, 15) is 0 Å². The van der Waals surface area contributed by atoms with Gasteiger partial charge in [-0.2, -0.15) is 5.10 Å². The lowest BCUT2D eigenvalue weighted by Gasteiger charge is -2.07. The van der Waals surface area contributed by atoms with Gasteiger partial charge in [-0.1, -0.05) is 34.1 Å². The van der Waals surface area contributed by atoms with Gasteiger partial charge in [0.1, 0.15) is 0 Å². The Bertz CT molecular complexity index is 658. The fourth-order valence-corrected chi connectivity index (χ4v) is 2.19. The van der Waals surface area contributed by atoms with Crippen molar-refractivity contribution >= 4 is 32.5 Å². The van der Waals surface area contributed by atoms with Gasteiger partial charge in [0.2, 0.25) is 0 Å². The number of H-pyrrole nitrogens is 1. The molecule has 0 aliphatic rings. The summed E-state index contributed by atoms with van der Waals surface area (Å²) < 4.78 is 1.10. The number of benzene rings is 2. The number of hydrogen-bond donors (Lipinski definition) is 2. The van der Waals surface area contributed by atoms with Crippen molar-refractivity contribution in [3.8, 4) is 0 Å². The molecule has 18 heavy (non-hydrogen) atoms. The Labute approximate surface area is 113 Å². The van der Waals surface area contributed by atoms with Crippen LogP contribution in [-0.2, 0) is 6.54 Å². The van der Waals surface area contributed by atoms with Gasteiger partial charge in [0.25, 0.3) is 0 Å². The maximum Gasteiger partial charge on any atom is 0.0671 e. The first-order chi connectivity index (χ1) is 8.83. The number of aromatic amines is 1. The first-order valence-electron chi connectivity index (χ1n) is 5.73. The van der Waals surface area contributed by atoms with E-state index in [1.165, 1.54) is 5.56 Å². The van der Waals surface area contributed by atoms with Gasteiger partial charge in [-0.15, -0.1) is 0 Å². The molecule has 0 spiro atoms. The summed E-state index contributed by atoms with van der Waals surface area (Å²) in [5.41, 5.74) is 3.40. The van der Waals surface area contributed by atoms with Crippen molar-refractivity contribution in [2.24, 2.45) is 0 Å². The zero-order valence-electron chi connectivity index (χ0n) is 9.65. The quantitative estimate of drug-likeness (QED) is 0.769. The van der Waals surface area contributed by atoms with Crippen LogP contribution >= 0.6 is 15.9 Å². The van der Waals surface area contributed by atoms with E-state index in [0.717, 1.165) is 27.6 Å². The van der Waals surface area contributed by atoms with Crippen LogP contribution in [0.5, 0.6) is 0 Å². The molecule has 0 radical (unpaired) electrons. The van der Waals surface area contributed by atoms with Gasteiger partial charge in [0.15, 0.2) is 0 Å². The van der Waals surface area contributed by atoms with Gasteiger partial charge >= 0.3 is 0 Å². The molecule has 2 N–H and O–H groups in total. The Balaban J connectivity index is 1.80. The maximum absolute atomic E-state index is 4.06. The number of aromatic nitrogens is 2. The summed E-state index contributed by atoms with van der Waals surface area (Å²) in [7, 11) is 0. The molecule has 0 fully saturated rings. The van der Waals surface area contributed by atoms with E-state index in [0.29, 0.717) is 0 Å². The lowest BCUT2D eigenvalue weighted by Crippen LogP contribution is -1.99. The molecule has 0 aliphatic carbocycles. The molecule has 2 aromatic carbocycles. The molecule has 0 atom stereocenters. The zero-order chi connectivity index (χ0) is 12.4. The third-order valence-electron chi connectivity index (χ3n) is 2.88. The summed E-state index contributed by atoms with van der Waals surface area (Å²) in [4.78, 5) is 0. The summed E-state index contributed by atoms with van der Waals surface area (Å²) >= 11 is 3.44. The number of hydrogen-bond acceptors (Lipinski definition) is 2. The molecule has 3 nitrogen and oxygen atoms in total. The fourth-order valence-electron chi connectivity index (χ4n) is 1.92. The molecule has 0 unspecified atom stereocenters. The van der Waals surface area contributed by atoms with Crippen LogP contribution in [0.3, 0.4) is 0 Å². The standard InChI is InChI=1S/C14H12BrN3/c15-11-6-4-10(5-7-11)8-16-13-2-1-3-14-12(13)9-17-18-14/h1-7,9,16H,8H2,(H,17,18). The van der Waals surface area contributed by atoms with Gasteiger partial charge < -0.3 is 5.32 Å². The molecular formula is C14H12BrN3. The Morgan fingerprint density at radius 3 is 2.78 bits per heavy atom. The largest absolute Gasteiger partial charge is 0.380 e. The summed E-state index contributed by atoms with van der Waals surface area (Å²) in [5.74, 6) is 0. The lowest BCUT2D eigenvalue weighted by atomic mass is 10.2. The number of nitrogens with zero attached hydrogens (tertiary/aromatic N) is 1. The van der Waals surface area contributed by atoms with E-state index in [1.54, 1.807) is 0 Å². The summed E-state index contributed by atoms with van der Waals surface area (Å²) in [5, 5.41) is 11.6. The van der Waals surface area contributed by atoms with Crippen LogP contribution < -0.4 is 5.32 Å². The molecule has 1 heterocycles. The van der Waals surface area contributed by atoms with Gasteiger partial charge in [-0.25, -0.2) is 0 Å². The third-order valence-corrected chi connectivity index (χ3v) is 3.41. The smallest absolute Gasteiger partial charge is 0.0671 e. The molecule has 0 amide bonds. The summed E-state index contributed by atoms with van der Waals surface area (Å²) in [6.45, 7) is 0.803. The van der Waals surface area contributed by atoms with Crippen molar-refractivity contribution in [3.05, 3.63) is 58.7 Å². The number of halogens is 1. The van der Waals surface area contributed by atoms with Crippen LogP contribution in [-0.4, -0.2) is 10.2 Å². The highest BCUT2D eigenvalue weighted by atomic mass is 79.9. The minimum absolute atomic E-state index is 0.803. The Hall–Kier alpha value is -1.81. The second-order valence-corrected chi connectivity index (χ2v) is 5.03. The predicted molar refractivity (Wildman–Crippen MR) is 77.6 cm³/mol. The molecule has 0 aliphatic heterocycles. The van der Waals surface area contributed by atoms with Crippen LogP contribution in [0, 0.1) is 0 Å². The highest BCUT2D eigenvalue weighted by molar-refractivity contribution is 9.10. The summed E-state index contributed by atoms with van der Waals surface area (Å²) in [6.07, 6.45) is 1.85. The monoisotopic (exact) mass is 301 g/mol. The molecule has 1 aromatic heterocycles. The summed E-state index contributed by atoms with van der Waals surface area (Å²) in [6, 6.07) is 14.4. The molecule has 0 bridgehead atoms. The second-order valence-electron chi connectivity index (χ2n) is 4.12. The molecule has 3 aromatic rings. The van der Waals surface area contributed by atoms with Gasteiger partial charge in [-0.3, -0.25) is 5.10 Å². The average molecular weight is 302 g/mol. The molecule has 0 saturated carbocycles. The number of fused-ring (bicyclic) bond motifs is 1. The van der Waals surface area contributed by atoms with Crippen LogP contribution in [0.4, 0.5) is 5.69 Å². The van der Waals surface area contributed by atoms with Crippen molar-refractivity contribution in [1.29, 1.82) is 0 Å². The van der Waals surface area contributed by atoms with E-state index < -0.39 is 0 Å². The first-order valence-corrected chi connectivity index (χ1v) is 6.52. The Morgan fingerprint density at radius 2 is 1.94 bits per heavy atom. The molecular weight excluding hydrogens is 290 g/mol. The van der Waals surface area contributed by atoms with E-state index in [4.69, 9.17) is 0 Å². The van der Waals surface area contributed by atoms with Crippen molar-refractivity contribution in [3.63, 3.8) is 0 Å². The highest BCUT2D eigenvalue weighted by Gasteiger charge is 2.01. The second kappa shape index (κ2) is 4.82. The van der Waals surface area contributed by atoms with Gasteiger partial charge in [0, 0.05) is 22.1 Å². The molecule has 3 rings (SSSR count). The minimum atomic E-state index is 0.803. The van der Waals surface area contributed by atoms with Crippen LogP contribution in [0.2, 0.25) is 0 Å². The number of nitrogens with one attached hydrogen (secondary N) is 2. The lowest BCUT2D eigenvalue weighted by molar-refractivity contribution is 1.12.